The number of ether oxygens (including phenoxy) is 1. The lowest BCUT2D eigenvalue weighted by Gasteiger charge is -2.04. The Kier molecular flexibility index (Phi) is 3.53. The summed E-state index contributed by atoms with van der Waals surface area (Å²) in [7, 11) is 0. The average Bonchev–Trinajstić information content (AvgIpc) is 2.05. The Hall–Kier alpha value is -0.570. The van der Waals surface area contributed by atoms with Crippen molar-refractivity contribution in [1.82, 2.24) is 0 Å². The van der Waals surface area contributed by atoms with Gasteiger partial charge in [-0.15, -0.1) is 0 Å². The number of hydrogen-bond acceptors (Lipinski definition) is 1. The van der Waals surface area contributed by atoms with E-state index in [9.17, 15) is 4.39 Å². The first-order valence-electron chi connectivity index (χ1n) is 3.75. The maximum absolute atomic E-state index is 13.1. The normalized spacial score (nSPS) is 9.92. The van der Waals surface area contributed by atoms with E-state index < -0.39 is 0 Å². The van der Waals surface area contributed by atoms with E-state index >= 15 is 0 Å². The molecule has 1 rings (SSSR count). The van der Waals surface area contributed by atoms with E-state index in [1.165, 1.54) is 6.07 Å². The Morgan fingerprint density at radius 1 is 1.50 bits per heavy atom. The van der Waals surface area contributed by atoms with Crippen LogP contribution in [0, 0.1) is 5.82 Å². The Bertz CT molecular complexity index is 263. The molecule has 3 heteroatoms. The third-order valence-corrected chi connectivity index (χ3v) is 2.08. The van der Waals surface area contributed by atoms with Crippen molar-refractivity contribution in [2.75, 3.05) is 6.61 Å². The number of alkyl halides is 1. The third kappa shape index (κ3) is 2.21. The van der Waals surface area contributed by atoms with Gasteiger partial charge in [0.2, 0.25) is 0 Å². The van der Waals surface area contributed by atoms with Gasteiger partial charge >= 0.3 is 0 Å². The number of hydrogen-bond donors (Lipinski definition) is 0. The van der Waals surface area contributed by atoms with Crippen molar-refractivity contribution in [3.05, 3.63) is 29.6 Å². The van der Waals surface area contributed by atoms with Gasteiger partial charge in [0.1, 0.15) is 11.6 Å². The van der Waals surface area contributed by atoms with Crippen molar-refractivity contribution in [1.29, 1.82) is 0 Å². The second-order valence-electron chi connectivity index (χ2n) is 2.32. The summed E-state index contributed by atoms with van der Waals surface area (Å²) in [6.07, 6.45) is 0. The molecule has 0 saturated carbocycles. The molecule has 0 aliphatic rings. The zero-order valence-electron chi connectivity index (χ0n) is 6.81. The van der Waals surface area contributed by atoms with Gasteiger partial charge in [-0.05, 0) is 18.6 Å². The second-order valence-corrected chi connectivity index (χ2v) is 2.88. The van der Waals surface area contributed by atoms with Crippen LogP contribution < -0.4 is 4.74 Å². The Balaban J connectivity index is 2.86. The summed E-state index contributed by atoms with van der Waals surface area (Å²) < 4.78 is 18.2. The molecule has 0 fully saturated rings. The van der Waals surface area contributed by atoms with Crippen LogP contribution in [-0.4, -0.2) is 6.61 Å². The molecule has 0 N–H and O–H groups in total. The molecule has 12 heavy (non-hydrogen) atoms. The highest BCUT2D eigenvalue weighted by Crippen LogP contribution is 2.18. The molecule has 1 aromatic carbocycles. The van der Waals surface area contributed by atoms with Gasteiger partial charge in [0.05, 0.1) is 6.61 Å². The zero-order valence-corrected chi connectivity index (χ0v) is 8.40. The second kappa shape index (κ2) is 4.45. The minimum atomic E-state index is -0.224. The Morgan fingerprint density at radius 2 is 2.25 bits per heavy atom. The molecule has 1 nitrogen and oxygen atoms in total. The monoisotopic (exact) mass is 232 g/mol. The van der Waals surface area contributed by atoms with Crippen molar-refractivity contribution in [3.8, 4) is 5.75 Å². The number of rotatable bonds is 3. The van der Waals surface area contributed by atoms with Gasteiger partial charge in [-0.3, -0.25) is 0 Å². The highest BCUT2D eigenvalue weighted by atomic mass is 79.9. The minimum Gasteiger partial charge on any atom is -0.494 e. The fourth-order valence-corrected chi connectivity index (χ4v) is 1.35. The van der Waals surface area contributed by atoms with E-state index in [-0.39, 0.29) is 5.82 Å². The van der Waals surface area contributed by atoms with Crippen molar-refractivity contribution >= 4 is 15.9 Å². The summed E-state index contributed by atoms with van der Waals surface area (Å²) in [4.78, 5) is 0. The van der Waals surface area contributed by atoms with Gasteiger partial charge in [-0.25, -0.2) is 4.39 Å². The van der Waals surface area contributed by atoms with E-state index in [2.05, 4.69) is 15.9 Å². The molecule has 0 aromatic heterocycles. The smallest absolute Gasteiger partial charge is 0.130 e. The first kappa shape index (κ1) is 9.52. The summed E-state index contributed by atoms with van der Waals surface area (Å²) in [5.41, 5.74) is 0.651. The fraction of sp³-hybridized carbons (Fsp3) is 0.333. The van der Waals surface area contributed by atoms with Gasteiger partial charge < -0.3 is 4.74 Å². The quantitative estimate of drug-likeness (QED) is 0.729. The molecule has 0 radical (unpaired) electrons. The lowest BCUT2D eigenvalue weighted by Crippen LogP contribution is -1.93. The molecule has 1 aromatic rings. The third-order valence-electron chi connectivity index (χ3n) is 1.48. The van der Waals surface area contributed by atoms with E-state index in [0.717, 1.165) is 0 Å². The topological polar surface area (TPSA) is 9.23 Å². The predicted octanol–water partition coefficient (Wildman–Crippen LogP) is 3.12. The first-order valence-corrected chi connectivity index (χ1v) is 4.87. The van der Waals surface area contributed by atoms with Crippen LogP contribution in [0.1, 0.15) is 12.5 Å². The van der Waals surface area contributed by atoms with Crippen LogP contribution in [-0.2, 0) is 5.33 Å². The van der Waals surface area contributed by atoms with Gasteiger partial charge in [0, 0.05) is 11.4 Å². The van der Waals surface area contributed by atoms with E-state index in [1.54, 1.807) is 12.1 Å². The Labute approximate surface area is 79.7 Å². The predicted molar refractivity (Wildman–Crippen MR) is 50.2 cm³/mol. The van der Waals surface area contributed by atoms with Gasteiger partial charge in [-0.1, -0.05) is 22.0 Å². The summed E-state index contributed by atoms with van der Waals surface area (Å²) in [5, 5.41) is 0.533. The van der Waals surface area contributed by atoms with Crippen LogP contribution in [0.3, 0.4) is 0 Å². The molecule has 0 spiro atoms. The van der Waals surface area contributed by atoms with Crippen LogP contribution >= 0.6 is 15.9 Å². The molecular weight excluding hydrogens is 223 g/mol. The van der Waals surface area contributed by atoms with E-state index in [1.807, 2.05) is 6.92 Å². The largest absolute Gasteiger partial charge is 0.494 e. The van der Waals surface area contributed by atoms with E-state index in [0.29, 0.717) is 23.2 Å². The highest BCUT2D eigenvalue weighted by molar-refractivity contribution is 9.08. The Morgan fingerprint density at radius 3 is 2.75 bits per heavy atom. The first-order chi connectivity index (χ1) is 5.77. The summed E-state index contributed by atoms with van der Waals surface area (Å²) in [6, 6.07) is 4.89. The van der Waals surface area contributed by atoms with E-state index in [4.69, 9.17) is 4.74 Å². The molecule has 0 aliphatic heterocycles. The maximum atomic E-state index is 13.1. The molecular formula is C9H10BrFO. The van der Waals surface area contributed by atoms with Gasteiger partial charge in [-0.2, -0.15) is 0 Å². The number of halogens is 2. The SMILES string of the molecule is CCOc1ccc(CBr)c(F)c1. The lowest BCUT2D eigenvalue weighted by atomic mass is 10.2. The molecule has 0 unspecified atom stereocenters. The van der Waals surface area contributed by atoms with Crippen LogP contribution in [0.2, 0.25) is 0 Å². The van der Waals surface area contributed by atoms with Crippen LogP contribution in [0.5, 0.6) is 5.75 Å². The molecule has 0 heterocycles. The highest BCUT2D eigenvalue weighted by Gasteiger charge is 2.01. The fourth-order valence-electron chi connectivity index (χ4n) is 0.893. The zero-order chi connectivity index (χ0) is 8.97. The maximum Gasteiger partial charge on any atom is 0.130 e. The molecule has 0 atom stereocenters. The average molecular weight is 233 g/mol. The lowest BCUT2D eigenvalue weighted by molar-refractivity contribution is 0.338. The van der Waals surface area contributed by atoms with Crippen LogP contribution in [0.25, 0.3) is 0 Å². The minimum absolute atomic E-state index is 0.224. The molecule has 66 valence electrons. The summed E-state index contributed by atoms with van der Waals surface area (Å²) in [5.74, 6) is 0.359. The van der Waals surface area contributed by atoms with Crippen LogP contribution in [0.4, 0.5) is 4.39 Å². The van der Waals surface area contributed by atoms with Crippen LogP contribution in [0.15, 0.2) is 18.2 Å². The van der Waals surface area contributed by atoms with Crippen molar-refractivity contribution in [2.24, 2.45) is 0 Å². The molecule has 0 saturated heterocycles. The summed E-state index contributed by atoms with van der Waals surface area (Å²) >= 11 is 3.19. The standard InChI is InChI=1S/C9H10BrFO/c1-2-12-8-4-3-7(6-10)9(11)5-8/h3-5H,2,6H2,1H3. The van der Waals surface area contributed by atoms with Gasteiger partial charge in [0.15, 0.2) is 0 Å². The van der Waals surface area contributed by atoms with Crippen molar-refractivity contribution in [2.45, 2.75) is 12.3 Å². The van der Waals surface area contributed by atoms with Crippen molar-refractivity contribution < 1.29 is 9.13 Å². The molecule has 0 aliphatic carbocycles. The summed E-state index contributed by atoms with van der Waals surface area (Å²) in [6.45, 7) is 2.43. The van der Waals surface area contributed by atoms with Crippen molar-refractivity contribution in [3.63, 3.8) is 0 Å². The molecule has 0 bridgehead atoms. The van der Waals surface area contributed by atoms with Gasteiger partial charge in [0.25, 0.3) is 0 Å². The number of benzene rings is 1. The molecule has 0 amide bonds.